The van der Waals surface area contributed by atoms with E-state index in [0.717, 1.165) is 17.1 Å². The molecule has 0 radical (unpaired) electrons. The summed E-state index contributed by atoms with van der Waals surface area (Å²) >= 11 is 7.38. The highest BCUT2D eigenvalue weighted by molar-refractivity contribution is 7.99. The van der Waals surface area contributed by atoms with Crippen molar-refractivity contribution in [2.75, 3.05) is 5.75 Å². The van der Waals surface area contributed by atoms with Gasteiger partial charge in [-0.15, -0.1) is 10.2 Å². The maximum atomic E-state index is 12.9. The Morgan fingerprint density at radius 1 is 1.16 bits per heavy atom. The van der Waals surface area contributed by atoms with Crippen LogP contribution in [0.4, 0.5) is 0 Å². The molecule has 0 spiro atoms. The molecule has 9 heteroatoms. The molecule has 0 unspecified atom stereocenters. The van der Waals surface area contributed by atoms with Crippen molar-refractivity contribution in [2.24, 2.45) is 7.05 Å². The Labute approximate surface area is 195 Å². The number of carbonyl (C=O) groups is 1. The van der Waals surface area contributed by atoms with E-state index in [1.165, 1.54) is 22.9 Å². The number of nitrogens with zero attached hydrogens (tertiary/aromatic N) is 5. The Bertz CT molecular complexity index is 1230. The molecule has 1 atom stereocenters. The van der Waals surface area contributed by atoms with Gasteiger partial charge in [-0.3, -0.25) is 9.36 Å². The molecule has 0 aliphatic carbocycles. The lowest BCUT2D eigenvalue weighted by atomic mass is 10.1. The number of nitrogens with one attached hydrogen (secondary N) is 1. The molecule has 2 aromatic heterocycles. The molecule has 0 saturated heterocycles. The SMILES string of the molecule is Cc1ccc(-n2cnnc2SCC(=O)N[C@H](c2ccc(Cl)cc2)c2nccn2C)cc1C. The minimum Gasteiger partial charge on any atom is -0.341 e. The largest absolute Gasteiger partial charge is 0.341 e. The summed E-state index contributed by atoms with van der Waals surface area (Å²) in [6, 6.07) is 13.2. The molecule has 1 N–H and O–H groups in total. The molecule has 0 aliphatic rings. The van der Waals surface area contributed by atoms with Gasteiger partial charge in [0, 0.05) is 30.2 Å². The van der Waals surface area contributed by atoms with Gasteiger partial charge < -0.3 is 9.88 Å². The van der Waals surface area contributed by atoms with Gasteiger partial charge in [0.25, 0.3) is 0 Å². The molecule has 7 nitrogen and oxygen atoms in total. The first kappa shape index (κ1) is 22.1. The lowest BCUT2D eigenvalue weighted by Gasteiger charge is -2.19. The summed E-state index contributed by atoms with van der Waals surface area (Å²) < 4.78 is 3.78. The van der Waals surface area contributed by atoms with Gasteiger partial charge in [-0.1, -0.05) is 41.6 Å². The third kappa shape index (κ3) is 4.87. The van der Waals surface area contributed by atoms with Gasteiger partial charge in [-0.25, -0.2) is 4.98 Å². The number of rotatable bonds is 7. The summed E-state index contributed by atoms with van der Waals surface area (Å²) in [5.74, 6) is 0.800. The molecule has 164 valence electrons. The predicted octanol–water partition coefficient (Wildman–Crippen LogP) is 4.27. The van der Waals surface area contributed by atoms with Gasteiger partial charge in [-0.05, 0) is 54.8 Å². The number of aryl methyl sites for hydroxylation is 3. The van der Waals surface area contributed by atoms with Crippen LogP contribution < -0.4 is 5.32 Å². The second-order valence-electron chi connectivity index (χ2n) is 7.49. The van der Waals surface area contributed by atoms with E-state index in [9.17, 15) is 4.79 Å². The Morgan fingerprint density at radius 3 is 2.62 bits per heavy atom. The van der Waals surface area contributed by atoms with Crippen LogP contribution in [0.1, 0.15) is 28.6 Å². The Hall–Kier alpha value is -3.10. The average molecular weight is 467 g/mol. The second kappa shape index (κ2) is 9.58. The number of benzene rings is 2. The second-order valence-corrected chi connectivity index (χ2v) is 8.87. The van der Waals surface area contributed by atoms with Crippen molar-refractivity contribution in [3.63, 3.8) is 0 Å². The van der Waals surface area contributed by atoms with E-state index < -0.39 is 6.04 Å². The average Bonchev–Trinajstić information content (AvgIpc) is 3.42. The Morgan fingerprint density at radius 2 is 1.94 bits per heavy atom. The normalized spacial score (nSPS) is 12.0. The number of amides is 1. The number of imidazole rings is 1. The van der Waals surface area contributed by atoms with Crippen molar-refractivity contribution in [3.8, 4) is 5.69 Å². The molecule has 32 heavy (non-hydrogen) atoms. The number of aromatic nitrogens is 5. The minimum atomic E-state index is -0.391. The van der Waals surface area contributed by atoms with Crippen LogP contribution in [-0.4, -0.2) is 36.0 Å². The Kier molecular flexibility index (Phi) is 6.62. The van der Waals surface area contributed by atoms with Crippen molar-refractivity contribution in [2.45, 2.75) is 25.0 Å². The van der Waals surface area contributed by atoms with Gasteiger partial charge in [0.05, 0.1) is 5.75 Å². The van der Waals surface area contributed by atoms with Gasteiger partial charge >= 0.3 is 0 Å². The van der Waals surface area contributed by atoms with Crippen molar-refractivity contribution in [3.05, 3.63) is 88.7 Å². The first-order valence-electron chi connectivity index (χ1n) is 10.0. The molecular weight excluding hydrogens is 444 g/mol. The summed E-state index contributed by atoms with van der Waals surface area (Å²) in [5, 5.41) is 12.6. The highest BCUT2D eigenvalue weighted by atomic mass is 35.5. The zero-order valence-corrected chi connectivity index (χ0v) is 19.6. The van der Waals surface area contributed by atoms with Gasteiger partial charge in [0.2, 0.25) is 5.91 Å². The summed E-state index contributed by atoms with van der Waals surface area (Å²) in [4.78, 5) is 17.3. The van der Waals surface area contributed by atoms with Gasteiger partial charge in [-0.2, -0.15) is 0 Å². The van der Waals surface area contributed by atoms with Crippen molar-refractivity contribution >= 4 is 29.3 Å². The zero-order valence-electron chi connectivity index (χ0n) is 18.0. The number of hydrogen-bond acceptors (Lipinski definition) is 5. The molecule has 2 heterocycles. The predicted molar refractivity (Wildman–Crippen MR) is 126 cm³/mol. The summed E-state index contributed by atoms with van der Waals surface area (Å²) in [7, 11) is 1.90. The quantitative estimate of drug-likeness (QED) is 0.411. The highest BCUT2D eigenvalue weighted by Crippen LogP contribution is 2.24. The van der Waals surface area contributed by atoms with Crippen molar-refractivity contribution in [1.29, 1.82) is 0 Å². The van der Waals surface area contributed by atoms with E-state index in [0.29, 0.717) is 10.2 Å². The number of hydrogen-bond donors (Lipinski definition) is 1. The topological polar surface area (TPSA) is 77.6 Å². The molecule has 0 bridgehead atoms. The van der Waals surface area contributed by atoms with E-state index in [1.54, 1.807) is 24.7 Å². The van der Waals surface area contributed by atoms with Crippen molar-refractivity contribution < 1.29 is 4.79 Å². The fraction of sp³-hybridized carbons (Fsp3) is 0.217. The van der Waals surface area contributed by atoms with Crippen LogP contribution in [0.25, 0.3) is 5.69 Å². The lowest BCUT2D eigenvalue weighted by molar-refractivity contribution is -0.119. The Balaban J connectivity index is 1.49. The molecule has 4 rings (SSSR count). The summed E-state index contributed by atoms with van der Waals surface area (Å²) in [6.45, 7) is 4.14. The van der Waals surface area contributed by atoms with Crippen LogP contribution in [0.2, 0.25) is 5.02 Å². The maximum Gasteiger partial charge on any atom is 0.231 e. The monoisotopic (exact) mass is 466 g/mol. The standard InChI is InChI=1S/C23H23ClN6OS/c1-15-4-9-19(12-16(15)2)30-14-26-28-23(30)32-13-20(31)27-21(22-25-10-11-29(22)3)17-5-7-18(24)8-6-17/h4-12,14,21H,13H2,1-3H3,(H,27,31)/t21-/m1/s1. The fourth-order valence-corrected chi connectivity index (χ4v) is 4.18. The van der Waals surface area contributed by atoms with E-state index in [1.807, 2.05) is 40.6 Å². The first-order chi connectivity index (χ1) is 15.4. The summed E-state index contributed by atoms with van der Waals surface area (Å²) in [5.41, 5.74) is 4.28. The third-order valence-corrected chi connectivity index (χ3v) is 6.44. The maximum absolute atomic E-state index is 12.9. The molecule has 4 aromatic rings. The molecular formula is C23H23ClN6OS. The van der Waals surface area contributed by atoms with Crippen LogP contribution in [0, 0.1) is 13.8 Å². The lowest BCUT2D eigenvalue weighted by Crippen LogP contribution is -2.32. The van der Waals surface area contributed by atoms with Crippen LogP contribution in [0.15, 0.2) is 66.3 Å². The van der Waals surface area contributed by atoms with Gasteiger partial charge in [0.15, 0.2) is 5.16 Å². The van der Waals surface area contributed by atoms with E-state index >= 15 is 0 Å². The molecule has 2 aromatic carbocycles. The van der Waals surface area contributed by atoms with Crippen molar-refractivity contribution in [1.82, 2.24) is 29.6 Å². The van der Waals surface area contributed by atoms with Crippen LogP contribution in [0.3, 0.4) is 0 Å². The fourth-order valence-electron chi connectivity index (χ4n) is 3.32. The zero-order chi connectivity index (χ0) is 22.7. The van der Waals surface area contributed by atoms with Crippen LogP contribution >= 0.6 is 23.4 Å². The highest BCUT2D eigenvalue weighted by Gasteiger charge is 2.21. The minimum absolute atomic E-state index is 0.132. The summed E-state index contributed by atoms with van der Waals surface area (Å²) in [6.07, 6.45) is 5.23. The number of thioether (sulfide) groups is 1. The van der Waals surface area contributed by atoms with Gasteiger partial charge in [0.1, 0.15) is 18.2 Å². The molecule has 0 saturated carbocycles. The van der Waals surface area contributed by atoms with E-state index in [2.05, 4.69) is 46.5 Å². The molecule has 0 fully saturated rings. The third-order valence-electron chi connectivity index (χ3n) is 5.24. The number of carbonyl (C=O) groups excluding carboxylic acids is 1. The number of halogens is 1. The van der Waals surface area contributed by atoms with Crippen LogP contribution in [-0.2, 0) is 11.8 Å². The molecule has 1 amide bonds. The molecule has 0 aliphatic heterocycles. The smallest absolute Gasteiger partial charge is 0.231 e. The van der Waals surface area contributed by atoms with E-state index in [4.69, 9.17) is 11.6 Å². The van der Waals surface area contributed by atoms with E-state index in [-0.39, 0.29) is 11.7 Å². The first-order valence-corrected chi connectivity index (χ1v) is 11.4. The van der Waals surface area contributed by atoms with Crippen LogP contribution in [0.5, 0.6) is 0 Å².